The molecular weight excluding hydrogens is 404 g/mol. The van der Waals surface area contributed by atoms with Crippen molar-refractivity contribution in [3.8, 4) is 11.3 Å². The molecule has 0 radical (unpaired) electrons. The number of rotatable bonds is 4. The number of hydrogen-bond acceptors (Lipinski definition) is 4. The maximum absolute atomic E-state index is 6.19. The molecule has 0 amide bonds. The van der Waals surface area contributed by atoms with E-state index in [4.69, 9.17) is 16.6 Å². The van der Waals surface area contributed by atoms with Gasteiger partial charge in [-0.2, -0.15) is 0 Å². The molecule has 3 aromatic rings. The molecule has 2 aliphatic heterocycles. The fourth-order valence-corrected chi connectivity index (χ4v) is 5.41. The van der Waals surface area contributed by atoms with Gasteiger partial charge in [-0.1, -0.05) is 54.1 Å². The Morgan fingerprint density at radius 1 is 0.903 bits per heavy atom. The van der Waals surface area contributed by atoms with Gasteiger partial charge in [0.1, 0.15) is 0 Å². The Morgan fingerprint density at radius 2 is 1.74 bits per heavy atom. The van der Waals surface area contributed by atoms with Gasteiger partial charge in [0.05, 0.1) is 5.69 Å². The lowest BCUT2D eigenvalue weighted by Gasteiger charge is -2.47. The molecule has 2 aliphatic rings. The molecule has 2 saturated heterocycles. The third-order valence-electron chi connectivity index (χ3n) is 6.86. The average molecular weight is 433 g/mol. The maximum atomic E-state index is 6.19. The van der Waals surface area contributed by atoms with E-state index in [2.05, 4.69) is 57.2 Å². The summed E-state index contributed by atoms with van der Waals surface area (Å²) in [7, 11) is 0. The molecule has 5 heteroatoms. The fourth-order valence-electron chi connectivity index (χ4n) is 5.20. The smallest absolute Gasteiger partial charge is 0.225 e. The van der Waals surface area contributed by atoms with E-state index in [1.807, 2.05) is 24.4 Å². The number of nitrogens with zero attached hydrogens (tertiary/aromatic N) is 4. The van der Waals surface area contributed by atoms with Gasteiger partial charge in [0.25, 0.3) is 0 Å². The van der Waals surface area contributed by atoms with E-state index in [1.54, 1.807) is 0 Å². The van der Waals surface area contributed by atoms with Crippen molar-refractivity contribution in [1.29, 1.82) is 0 Å². The summed E-state index contributed by atoms with van der Waals surface area (Å²) in [5.41, 5.74) is 3.87. The molecule has 0 unspecified atom stereocenters. The summed E-state index contributed by atoms with van der Waals surface area (Å²) >= 11 is 6.19. The summed E-state index contributed by atoms with van der Waals surface area (Å²) in [5.74, 6) is 0.864. The highest BCUT2D eigenvalue weighted by Gasteiger charge is 2.38. The van der Waals surface area contributed by atoms with E-state index in [-0.39, 0.29) is 0 Å². The summed E-state index contributed by atoms with van der Waals surface area (Å²) in [6, 6.07) is 20.7. The Morgan fingerprint density at radius 3 is 2.55 bits per heavy atom. The molecule has 0 aliphatic carbocycles. The van der Waals surface area contributed by atoms with Crippen LogP contribution in [0.2, 0.25) is 5.02 Å². The van der Waals surface area contributed by atoms with Crippen LogP contribution in [0.15, 0.2) is 66.9 Å². The van der Waals surface area contributed by atoms with Gasteiger partial charge in [0.2, 0.25) is 5.95 Å². The van der Waals surface area contributed by atoms with Crippen LogP contribution in [0, 0.1) is 5.41 Å². The van der Waals surface area contributed by atoms with Gasteiger partial charge in [-0.15, -0.1) is 0 Å². The second-order valence-corrected chi connectivity index (χ2v) is 9.48. The molecule has 3 heterocycles. The molecule has 5 rings (SSSR count). The molecule has 0 bridgehead atoms. The summed E-state index contributed by atoms with van der Waals surface area (Å²) in [4.78, 5) is 14.5. The van der Waals surface area contributed by atoms with Crippen molar-refractivity contribution in [2.45, 2.75) is 32.2 Å². The first kappa shape index (κ1) is 20.5. The highest BCUT2D eigenvalue weighted by Crippen LogP contribution is 2.41. The first-order valence-electron chi connectivity index (χ1n) is 11.3. The molecule has 1 aromatic heterocycles. The van der Waals surface area contributed by atoms with Crippen molar-refractivity contribution < 1.29 is 0 Å². The van der Waals surface area contributed by atoms with E-state index >= 15 is 0 Å². The summed E-state index contributed by atoms with van der Waals surface area (Å²) in [6.45, 7) is 5.42. The van der Waals surface area contributed by atoms with Crippen molar-refractivity contribution in [3.05, 3.63) is 77.4 Å². The molecule has 2 aromatic carbocycles. The zero-order valence-corrected chi connectivity index (χ0v) is 18.6. The van der Waals surface area contributed by atoms with Crippen LogP contribution in [0.4, 0.5) is 5.95 Å². The Balaban J connectivity index is 1.24. The molecule has 0 atom stereocenters. The van der Waals surface area contributed by atoms with E-state index in [9.17, 15) is 0 Å². The number of aromatic nitrogens is 2. The van der Waals surface area contributed by atoms with Crippen molar-refractivity contribution in [2.75, 3.05) is 31.1 Å². The maximum Gasteiger partial charge on any atom is 0.225 e. The molecule has 31 heavy (non-hydrogen) atoms. The highest BCUT2D eigenvalue weighted by molar-refractivity contribution is 6.30. The third-order valence-corrected chi connectivity index (χ3v) is 7.09. The number of benzene rings is 2. The van der Waals surface area contributed by atoms with E-state index in [0.29, 0.717) is 5.41 Å². The van der Waals surface area contributed by atoms with Crippen LogP contribution in [-0.4, -0.2) is 41.0 Å². The lowest BCUT2D eigenvalue weighted by molar-refractivity contribution is 0.0603. The first-order chi connectivity index (χ1) is 15.2. The number of halogens is 1. The van der Waals surface area contributed by atoms with Gasteiger partial charge >= 0.3 is 0 Å². The number of piperidine rings is 2. The molecule has 4 nitrogen and oxygen atoms in total. The lowest BCUT2D eigenvalue weighted by atomic mass is 9.72. The number of anilines is 1. The van der Waals surface area contributed by atoms with E-state index in [1.165, 1.54) is 44.3 Å². The van der Waals surface area contributed by atoms with Crippen LogP contribution in [0.5, 0.6) is 0 Å². The van der Waals surface area contributed by atoms with Crippen LogP contribution in [0.1, 0.15) is 31.2 Å². The van der Waals surface area contributed by atoms with Crippen LogP contribution in [0.25, 0.3) is 11.3 Å². The van der Waals surface area contributed by atoms with Crippen molar-refractivity contribution in [1.82, 2.24) is 14.9 Å². The molecule has 0 saturated carbocycles. The van der Waals surface area contributed by atoms with Gasteiger partial charge in [-0.3, -0.25) is 4.90 Å². The normalized spacial score (nSPS) is 18.9. The Bertz CT molecular complexity index is 1010. The standard InChI is InChI=1S/C26H29ClN4/c27-23-9-4-6-21(18-23)19-30-15-5-11-26(20-30)12-16-31(17-13-26)25-28-14-10-24(29-25)22-7-2-1-3-8-22/h1-4,6-10,14,18H,5,11-13,15-17,19-20H2. The van der Waals surface area contributed by atoms with Crippen LogP contribution in [-0.2, 0) is 6.54 Å². The van der Waals surface area contributed by atoms with Gasteiger partial charge < -0.3 is 4.90 Å². The molecule has 160 valence electrons. The fraction of sp³-hybridized carbons (Fsp3) is 0.385. The van der Waals surface area contributed by atoms with E-state index < -0.39 is 0 Å². The molecular formula is C26H29ClN4. The first-order valence-corrected chi connectivity index (χ1v) is 11.7. The molecule has 1 spiro atoms. The topological polar surface area (TPSA) is 32.3 Å². The van der Waals surface area contributed by atoms with Crippen molar-refractivity contribution in [3.63, 3.8) is 0 Å². The van der Waals surface area contributed by atoms with Gasteiger partial charge in [-0.05, 0) is 61.4 Å². The molecule has 0 N–H and O–H groups in total. The van der Waals surface area contributed by atoms with Crippen molar-refractivity contribution >= 4 is 17.5 Å². The monoisotopic (exact) mass is 432 g/mol. The zero-order valence-electron chi connectivity index (χ0n) is 17.9. The van der Waals surface area contributed by atoms with Gasteiger partial charge in [-0.25, -0.2) is 9.97 Å². The van der Waals surface area contributed by atoms with Gasteiger partial charge in [0.15, 0.2) is 0 Å². The minimum Gasteiger partial charge on any atom is -0.341 e. The SMILES string of the molecule is Clc1cccc(CN2CCCC3(CCN(c4nccc(-c5ccccc5)n4)CC3)C2)c1. The van der Waals surface area contributed by atoms with Crippen LogP contribution < -0.4 is 4.90 Å². The number of likely N-dealkylation sites (tertiary alicyclic amines) is 1. The Hall–Kier alpha value is -2.43. The average Bonchev–Trinajstić information content (AvgIpc) is 2.80. The summed E-state index contributed by atoms with van der Waals surface area (Å²) in [5, 5.41) is 0.829. The van der Waals surface area contributed by atoms with E-state index in [0.717, 1.165) is 41.9 Å². The van der Waals surface area contributed by atoms with Gasteiger partial charge in [0, 0.05) is 43.0 Å². The van der Waals surface area contributed by atoms with Crippen molar-refractivity contribution in [2.24, 2.45) is 5.41 Å². The lowest BCUT2D eigenvalue weighted by Crippen LogP contribution is -2.49. The predicted molar refractivity (Wildman–Crippen MR) is 127 cm³/mol. The van der Waals surface area contributed by atoms with Crippen LogP contribution >= 0.6 is 11.6 Å². The van der Waals surface area contributed by atoms with Crippen LogP contribution in [0.3, 0.4) is 0 Å². The highest BCUT2D eigenvalue weighted by atomic mass is 35.5. The number of hydrogen-bond donors (Lipinski definition) is 0. The second-order valence-electron chi connectivity index (χ2n) is 9.04. The second kappa shape index (κ2) is 8.97. The largest absolute Gasteiger partial charge is 0.341 e. The third kappa shape index (κ3) is 4.76. The minimum atomic E-state index is 0.421. The Kier molecular flexibility index (Phi) is 5.93. The Labute approximate surface area is 189 Å². The summed E-state index contributed by atoms with van der Waals surface area (Å²) in [6.07, 6.45) is 6.91. The molecule has 2 fully saturated rings. The summed E-state index contributed by atoms with van der Waals surface area (Å²) < 4.78 is 0. The minimum absolute atomic E-state index is 0.421. The zero-order chi connectivity index (χ0) is 21.1. The quantitative estimate of drug-likeness (QED) is 0.531. The predicted octanol–water partition coefficient (Wildman–Crippen LogP) is 5.68.